The van der Waals surface area contributed by atoms with Crippen molar-refractivity contribution < 1.29 is 0 Å². The Morgan fingerprint density at radius 3 is 3.00 bits per heavy atom. The van der Waals surface area contributed by atoms with Gasteiger partial charge in [-0.05, 0) is 26.4 Å². The molecule has 1 saturated heterocycles. The van der Waals surface area contributed by atoms with Gasteiger partial charge in [0.1, 0.15) is 5.01 Å². The van der Waals surface area contributed by atoms with E-state index >= 15 is 0 Å². The highest BCUT2D eigenvalue weighted by Gasteiger charge is 2.19. The Bertz CT molecular complexity index is 538. The number of piperidine rings is 1. The van der Waals surface area contributed by atoms with Crippen LogP contribution in [0, 0.1) is 0 Å². The lowest BCUT2D eigenvalue weighted by Crippen LogP contribution is -2.43. The first-order valence-corrected chi connectivity index (χ1v) is 8.06. The summed E-state index contributed by atoms with van der Waals surface area (Å²) >= 11 is 1.82. The topological polar surface area (TPSA) is 28.2 Å². The van der Waals surface area contributed by atoms with Gasteiger partial charge in [-0.25, -0.2) is 4.98 Å². The minimum atomic E-state index is 0.644. The molecule has 1 fully saturated rings. The SMILES string of the molecule is CNC1CCCN(Cc2cnc(-c3ccccc3)s2)C1. The summed E-state index contributed by atoms with van der Waals surface area (Å²) in [5.41, 5.74) is 1.22. The summed E-state index contributed by atoms with van der Waals surface area (Å²) < 4.78 is 0. The predicted molar refractivity (Wildman–Crippen MR) is 84.9 cm³/mol. The van der Waals surface area contributed by atoms with Crippen LogP contribution < -0.4 is 5.32 Å². The van der Waals surface area contributed by atoms with Gasteiger partial charge < -0.3 is 5.32 Å². The van der Waals surface area contributed by atoms with E-state index in [1.807, 2.05) is 23.6 Å². The molecule has 1 aromatic heterocycles. The lowest BCUT2D eigenvalue weighted by Gasteiger charge is -2.32. The molecule has 0 spiro atoms. The lowest BCUT2D eigenvalue weighted by molar-refractivity contribution is 0.189. The Morgan fingerprint density at radius 2 is 2.20 bits per heavy atom. The van der Waals surface area contributed by atoms with Crippen molar-refractivity contribution in [2.75, 3.05) is 20.1 Å². The van der Waals surface area contributed by atoms with E-state index in [0.29, 0.717) is 6.04 Å². The van der Waals surface area contributed by atoms with Gasteiger partial charge in [-0.2, -0.15) is 0 Å². The molecule has 0 amide bonds. The Hall–Kier alpha value is -1.23. The van der Waals surface area contributed by atoms with Crippen molar-refractivity contribution in [2.45, 2.75) is 25.4 Å². The van der Waals surface area contributed by atoms with E-state index in [-0.39, 0.29) is 0 Å². The third kappa shape index (κ3) is 3.26. The van der Waals surface area contributed by atoms with Crippen LogP contribution in [0.1, 0.15) is 17.7 Å². The van der Waals surface area contributed by atoms with Gasteiger partial charge in [0.15, 0.2) is 0 Å². The van der Waals surface area contributed by atoms with Crippen molar-refractivity contribution in [2.24, 2.45) is 0 Å². The second kappa shape index (κ2) is 6.48. The number of hydrogen-bond acceptors (Lipinski definition) is 4. The van der Waals surface area contributed by atoms with Crippen LogP contribution in [-0.2, 0) is 6.54 Å². The van der Waals surface area contributed by atoms with Crippen LogP contribution in [0.4, 0.5) is 0 Å². The summed E-state index contributed by atoms with van der Waals surface area (Å²) in [5, 5.41) is 4.52. The first-order chi connectivity index (χ1) is 9.85. The number of rotatable bonds is 4. The molecule has 0 radical (unpaired) electrons. The normalized spacial score (nSPS) is 20.1. The van der Waals surface area contributed by atoms with Crippen molar-refractivity contribution in [3.63, 3.8) is 0 Å². The maximum atomic E-state index is 4.57. The van der Waals surface area contributed by atoms with Crippen LogP contribution in [0.5, 0.6) is 0 Å². The fourth-order valence-electron chi connectivity index (χ4n) is 2.75. The monoisotopic (exact) mass is 287 g/mol. The van der Waals surface area contributed by atoms with Gasteiger partial charge in [0.05, 0.1) is 0 Å². The number of aromatic nitrogens is 1. The van der Waals surface area contributed by atoms with Gasteiger partial charge in [-0.1, -0.05) is 30.3 Å². The standard InChI is InChI=1S/C16H21N3S/c1-17-14-8-5-9-19(11-14)12-15-10-18-16(20-15)13-6-3-2-4-7-13/h2-4,6-7,10,14,17H,5,8-9,11-12H2,1H3. The fourth-order valence-corrected chi connectivity index (χ4v) is 3.71. The molecular weight excluding hydrogens is 266 g/mol. The Kier molecular flexibility index (Phi) is 4.45. The number of thiazole rings is 1. The molecule has 3 rings (SSSR count). The first kappa shape index (κ1) is 13.7. The second-order valence-electron chi connectivity index (χ2n) is 5.36. The highest BCUT2D eigenvalue weighted by atomic mass is 32.1. The van der Waals surface area contributed by atoms with E-state index in [9.17, 15) is 0 Å². The number of likely N-dealkylation sites (N-methyl/N-ethyl adjacent to an activating group) is 1. The van der Waals surface area contributed by atoms with Gasteiger partial charge in [-0.15, -0.1) is 11.3 Å². The van der Waals surface area contributed by atoms with E-state index in [1.54, 1.807) is 0 Å². The van der Waals surface area contributed by atoms with Gasteiger partial charge in [-0.3, -0.25) is 4.90 Å². The highest BCUT2D eigenvalue weighted by Crippen LogP contribution is 2.26. The summed E-state index contributed by atoms with van der Waals surface area (Å²) in [4.78, 5) is 8.46. The zero-order valence-electron chi connectivity index (χ0n) is 11.9. The maximum absolute atomic E-state index is 4.57. The molecule has 0 bridgehead atoms. The third-order valence-corrected chi connectivity index (χ3v) is 4.90. The second-order valence-corrected chi connectivity index (χ2v) is 6.48. The van der Waals surface area contributed by atoms with Gasteiger partial charge in [0, 0.05) is 35.8 Å². The molecular formula is C16H21N3S. The molecule has 20 heavy (non-hydrogen) atoms. The molecule has 1 aromatic carbocycles. The molecule has 106 valence electrons. The lowest BCUT2D eigenvalue weighted by atomic mass is 10.1. The van der Waals surface area contributed by atoms with Crippen LogP contribution >= 0.6 is 11.3 Å². The fraction of sp³-hybridized carbons (Fsp3) is 0.438. The zero-order chi connectivity index (χ0) is 13.8. The summed E-state index contributed by atoms with van der Waals surface area (Å²) in [6.45, 7) is 3.38. The molecule has 3 nitrogen and oxygen atoms in total. The molecule has 1 unspecified atom stereocenters. The quantitative estimate of drug-likeness (QED) is 0.937. The number of hydrogen-bond donors (Lipinski definition) is 1. The average Bonchev–Trinajstić information content (AvgIpc) is 2.97. The summed E-state index contributed by atoms with van der Waals surface area (Å²) in [6, 6.07) is 11.1. The van der Waals surface area contributed by atoms with Crippen molar-refractivity contribution in [1.29, 1.82) is 0 Å². The van der Waals surface area contributed by atoms with Crippen molar-refractivity contribution in [1.82, 2.24) is 15.2 Å². The van der Waals surface area contributed by atoms with Crippen LogP contribution in [0.15, 0.2) is 36.5 Å². The summed E-state index contributed by atoms with van der Waals surface area (Å²) in [5.74, 6) is 0. The van der Waals surface area contributed by atoms with Crippen molar-refractivity contribution in [3.05, 3.63) is 41.4 Å². The van der Waals surface area contributed by atoms with Crippen LogP contribution in [0.2, 0.25) is 0 Å². The molecule has 1 N–H and O–H groups in total. The summed E-state index contributed by atoms with van der Waals surface area (Å²) in [6.07, 6.45) is 4.62. The molecule has 0 aliphatic carbocycles. The molecule has 4 heteroatoms. The number of likely N-dealkylation sites (tertiary alicyclic amines) is 1. The maximum Gasteiger partial charge on any atom is 0.123 e. The number of nitrogens with one attached hydrogen (secondary N) is 1. The molecule has 2 heterocycles. The van der Waals surface area contributed by atoms with Crippen molar-refractivity contribution >= 4 is 11.3 Å². The van der Waals surface area contributed by atoms with Crippen molar-refractivity contribution in [3.8, 4) is 10.6 Å². The average molecular weight is 287 g/mol. The molecule has 1 aliphatic heterocycles. The largest absolute Gasteiger partial charge is 0.316 e. The number of nitrogens with zero attached hydrogens (tertiary/aromatic N) is 2. The van der Waals surface area contributed by atoms with E-state index in [2.05, 4.69) is 46.5 Å². The predicted octanol–water partition coefficient (Wildman–Crippen LogP) is 2.99. The molecule has 2 aromatic rings. The van der Waals surface area contributed by atoms with E-state index in [4.69, 9.17) is 0 Å². The van der Waals surface area contributed by atoms with Crippen LogP contribution in [0.25, 0.3) is 10.6 Å². The van der Waals surface area contributed by atoms with Crippen LogP contribution in [-0.4, -0.2) is 36.1 Å². The minimum absolute atomic E-state index is 0.644. The van der Waals surface area contributed by atoms with Gasteiger partial charge >= 0.3 is 0 Å². The summed E-state index contributed by atoms with van der Waals surface area (Å²) in [7, 11) is 2.06. The highest BCUT2D eigenvalue weighted by molar-refractivity contribution is 7.15. The molecule has 1 aliphatic rings. The smallest absolute Gasteiger partial charge is 0.123 e. The van der Waals surface area contributed by atoms with E-state index in [1.165, 1.54) is 29.8 Å². The van der Waals surface area contributed by atoms with E-state index in [0.717, 1.165) is 18.1 Å². The zero-order valence-corrected chi connectivity index (χ0v) is 12.7. The third-order valence-electron chi connectivity index (χ3n) is 3.87. The van der Waals surface area contributed by atoms with Gasteiger partial charge in [0.25, 0.3) is 0 Å². The van der Waals surface area contributed by atoms with Gasteiger partial charge in [0.2, 0.25) is 0 Å². The Balaban J connectivity index is 1.65. The van der Waals surface area contributed by atoms with Crippen LogP contribution in [0.3, 0.4) is 0 Å². The minimum Gasteiger partial charge on any atom is -0.316 e. The number of benzene rings is 1. The Labute approximate surface area is 124 Å². The Morgan fingerprint density at radius 1 is 1.35 bits per heavy atom. The molecule has 1 atom stereocenters. The first-order valence-electron chi connectivity index (χ1n) is 7.25. The van der Waals surface area contributed by atoms with E-state index < -0.39 is 0 Å². The molecule has 0 saturated carbocycles.